The first-order chi connectivity index (χ1) is 13.3. The van der Waals surface area contributed by atoms with E-state index in [4.69, 9.17) is 9.98 Å². The van der Waals surface area contributed by atoms with Gasteiger partial charge in [0.25, 0.3) is 0 Å². The van der Waals surface area contributed by atoms with Crippen molar-refractivity contribution in [2.45, 2.75) is 51.0 Å². The van der Waals surface area contributed by atoms with Crippen LogP contribution in [-0.4, -0.2) is 39.8 Å². The van der Waals surface area contributed by atoms with Gasteiger partial charge in [-0.05, 0) is 24.8 Å². The summed E-state index contributed by atoms with van der Waals surface area (Å²) in [6.45, 7) is 3.37. The van der Waals surface area contributed by atoms with E-state index in [2.05, 4.69) is 24.0 Å². The van der Waals surface area contributed by atoms with Gasteiger partial charge >= 0.3 is 6.03 Å². The van der Waals surface area contributed by atoms with Gasteiger partial charge in [0.2, 0.25) is 0 Å². The summed E-state index contributed by atoms with van der Waals surface area (Å²) in [6, 6.07) is 10.2. The number of carbonyl (C=O) groups is 1. The van der Waals surface area contributed by atoms with Gasteiger partial charge in [-0.25, -0.2) is 9.78 Å². The molecule has 1 fully saturated rings. The Morgan fingerprint density at radius 2 is 1.93 bits per heavy atom. The predicted molar refractivity (Wildman–Crippen MR) is 113 cm³/mol. The average molecular weight is 400 g/mol. The van der Waals surface area contributed by atoms with E-state index in [9.17, 15) is 4.79 Å². The summed E-state index contributed by atoms with van der Waals surface area (Å²) in [7, 11) is 0. The Bertz CT molecular complexity index is 887. The molecule has 1 aromatic heterocycles. The number of amides is 2. The van der Waals surface area contributed by atoms with E-state index < -0.39 is 0 Å². The number of carbonyl (C=O) groups excluding carboxylic acids is 1. The molecule has 2 aromatic rings. The van der Waals surface area contributed by atoms with Crippen molar-refractivity contribution in [2.24, 2.45) is 4.99 Å². The van der Waals surface area contributed by atoms with Crippen molar-refractivity contribution in [2.75, 3.05) is 18.0 Å². The van der Waals surface area contributed by atoms with Crippen LogP contribution in [0, 0.1) is 0 Å². The van der Waals surface area contributed by atoms with E-state index in [0.717, 1.165) is 35.2 Å². The van der Waals surface area contributed by atoms with Gasteiger partial charge in [-0.2, -0.15) is 0 Å². The molecule has 2 amide bonds. The molecule has 1 aliphatic carbocycles. The predicted octanol–water partition coefficient (Wildman–Crippen LogP) is 4.64. The Morgan fingerprint density at radius 3 is 2.64 bits per heavy atom. The fourth-order valence-corrected chi connectivity index (χ4v) is 4.53. The number of halogens is 1. The highest BCUT2D eigenvalue weighted by Gasteiger charge is 2.43. The number of fused-ring (bicyclic) bond motifs is 3. The number of imidazole rings is 1. The molecular weight excluding hydrogens is 374 g/mol. The van der Waals surface area contributed by atoms with E-state index in [-0.39, 0.29) is 24.5 Å². The summed E-state index contributed by atoms with van der Waals surface area (Å²) >= 11 is 0. The molecule has 7 heteroatoms. The maximum Gasteiger partial charge on any atom is 0.331 e. The second kappa shape index (κ2) is 7.59. The number of aromatic amines is 1. The van der Waals surface area contributed by atoms with Crippen LogP contribution in [0.3, 0.4) is 0 Å². The van der Waals surface area contributed by atoms with Crippen LogP contribution in [0.25, 0.3) is 0 Å². The molecule has 3 aliphatic rings. The largest absolute Gasteiger partial charge is 0.337 e. The first-order valence-corrected chi connectivity index (χ1v) is 10.1. The molecule has 1 atom stereocenters. The molecule has 0 radical (unpaired) electrons. The molecule has 1 aromatic carbocycles. The van der Waals surface area contributed by atoms with Gasteiger partial charge in [-0.1, -0.05) is 50.1 Å². The Balaban J connectivity index is 0.00000192. The van der Waals surface area contributed by atoms with Crippen molar-refractivity contribution >= 4 is 30.1 Å². The number of aromatic nitrogens is 2. The lowest BCUT2D eigenvalue weighted by Crippen LogP contribution is -2.50. The summed E-state index contributed by atoms with van der Waals surface area (Å²) in [6.07, 6.45) is 5.78. The Kier molecular flexibility index (Phi) is 5.15. The van der Waals surface area contributed by atoms with E-state index in [0.29, 0.717) is 19.0 Å². The van der Waals surface area contributed by atoms with Crippen LogP contribution in [0.1, 0.15) is 68.1 Å². The Morgan fingerprint density at radius 1 is 1.18 bits per heavy atom. The zero-order chi connectivity index (χ0) is 18.4. The van der Waals surface area contributed by atoms with Gasteiger partial charge in [-0.15, -0.1) is 12.4 Å². The van der Waals surface area contributed by atoms with Crippen molar-refractivity contribution in [1.82, 2.24) is 14.9 Å². The molecule has 5 rings (SSSR count). The highest BCUT2D eigenvalue weighted by atomic mass is 35.5. The molecule has 0 saturated heterocycles. The maximum atomic E-state index is 13.2. The van der Waals surface area contributed by atoms with Crippen LogP contribution in [0.15, 0.2) is 35.3 Å². The van der Waals surface area contributed by atoms with Crippen LogP contribution in [-0.2, 0) is 0 Å². The van der Waals surface area contributed by atoms with Crippen molar-refractivity contribution in [1.29, 1.82) is 0 Å². The first-order valence-electron chi connectivity index (χ1n) is 10.1. The third-order valence-electron chi connectivity index (χ3n) is 5.91. The Hall–Kier alpha value is -2.34. The zero-order valence-electron chi connectivity index (χ0n) is 16.1. The topological polar surface area (TPSA) is 64.6 Å². The van der Waals surface area contributed by atoms with E-state index in [1.54, 1.807) is 0 Å². The number of H-pyrrole nitrogens is 1. The smallest absolute Gasteiger partial charge is 0.331 e. The molecular formula is C21H26ClN5O. The van der Waals surface area contributed by atoms with Crippen LogP contribution < -0.4 is 4.90 Å². The number of rotatable bonds is 4. The van der Waals surface area contributed by atoms with Crippen molar-refractivity contribution < 1.29 is 4.79 Å². The lowest BCUT2D eigenvalue weighted by Gasteiger charge is -2.32. The molecule has 0 spiro atoms. The molecule has 0 unspecified atom stereocenters. The normalized spacial score (nSPS) is 21.4. The molecule has 1 saturated carbocycles. The summed E-state index contributed by atoms with van der Waals surface area (Å²) in [5.74, 6) is 3.04. The van der Waals surface area contributed by atoms with Gasteiger partial charge in [0.15, 0.2) is 11.7 Å². The summed E-state index contributed by atoms with van der Waals surface area (Å²) < 4.78 is 0. The summed E-state index contributed by atoms with van der Waals surface area (Å²) in [4.78, 5) is 30.2. The zero-order valence-corrected chi connectivity index (χ0v) is 16.9. The standard InChI is InChI=1S/C21H25N5O.ClH/c1-2-12-25-20-17(23-18(24-20)15-10-6-7-11-15)19-22-16(13-26(19)21(25)27)14-8-4-3-5-9-14;/h3-5,8-9,15-16H,2,6-7,10-13H2,1H3,(H,23,24);1H/t16-;/m0./s1. The monoisotopic (exact) mass is 399 g/mol. The molecule has 0 bridgehead atoms. The Labute approximate surface area is 171 Å². The second-order valence-electron chi connectivity index (χ2n) is 7.73. The molecule has 148 valence electrons. The van der Waals surface area contributed by atoms with E-state index in [1.165, 1.54) is 25.7 Å². The third kappa shape index (κ3) is 3.00. The number of amidine groups is 1. The van der Waals surface area contributed by atoms with Gasteiger partial charge in [0.1, 0.15) is 11.5 Å². The van der Waals surface area contributed by atoms with Gasteiger partial charge in [-0.3, -0.25) is 14.8 Å². The summed E-state index contributed by atoms with van der Waals surface area (Å²) in [5, 5.41) is 0. The van der Waals surface area contributed by atoms with Gasteiger partial charge in [0.05, 0.1) is 12.6 Å². The number of nitrogens with zero attached hydrogens (tertiary/aromatic N) is 4. The highest BCUT2D eigenvalue weighted by molar-refractivity contribution is 6.18. The second-order valence-corrected chi connectivity index (χ2v) is 7.73. The summed E-state index contributed by atoms with van der Waals surface area (Å²) in [5.41, 5.74) is 2.06. The fourth-order valence-electron chi connectivity index (χ4n) is 4.53. The van der Waals surface area contributed by atoms with Crippen molar-refractivity contribution in [3.8, 4) is 0 Å². The van der Waals surface area contributed by atoms with E-state index in [1.807, 2.05) is 28.0 Å². The van der Waals surface area contributed by atoms with Crippen LogP contribution in [0.5, 0.6) is 0 Å². The minimum absolute atomic E-state index is 0. The van der Waals surface area contributed by atoms with Crippen LogP contribution >= 0.6 is 12.4 Å². The minimum atomic E-state index is -0.0159. The van der Waals surface area contributed by atoms with Gasteiger partial charge < -0.3 is 4.98 Å². The first kappa shape index (κ1) is 19.0. The number of nitrogens with one attached hydrogen (secondary N) is 1. The highest BCUT2D eigenvalue weighted by Crippen LogP contribution is 2.38. The average Bonchev–Trinajstić information content (AvgIpc) is 3.44. The number of aliphatic imine (C=N–C) groups is 1. The van der Waals surface area contributed by atoms with Crippen LogP contribution in [0.4, 0.5) is 10.6 Å². The number of hydrogen-bond donors (Lipinski definition) is 1. The van der Waals surface area contributed by atoms with Gasteiger partial charge in [0, 0.05) is 12.5 Å². The van der Waals surface area contributed by atoms with E-state index >= 15 is 0 Å². The molecule has 2 aliphatic heterocycles. The quantitative estimate of drug-likeness (QED) is 0.813. The van der Waals surface area contributed by atoms with Crippen molar-refractivity contribution in [3.05, 3.63) is 47.4 Å². The minimum Gasteiger partial charge on any atom is -0.337 e. The lowest BCUT2D eigenvalue weighted by atomic mass is 10.1. The maximum absolute atomic E-state index is 13.2. The van der Waals surface area contributed by atoms with Crippen LogP contribution in [0.2, 0.25) is 0 Å². The molecule has 3 heterocycles. The number of benzene rings is 1. The number of anilines is 1. The molecule has 28 heavy (non-hydrogen) atoms. The SMILES string of the molecule is CCCN1C(=O)N2C[C@@H](c3ccccc3)N=C2c2[nH]c(C3CCCC3)nc21.Cl. The number of hydrogen-bond acceptors (Lipinski definition) is 3. The molecule has 6 nitrogen and oxygen atoms in total. The number of urea groups is 1. The molecule has 1 N–H and O–H groups in total. The van der Waals surface area contributed by atoms with Crippen molar-refractivity contribution in [3.63, 3.8) is 0 Å². The third-order valence-corrected chi connectivity index (χ3v) is 5.91. The lowest BCUT2D eigenvalue weighted by molar-refractivity contribution is 0.227. The fraction of sp³-hybridized carbons (Fsp3) is 0.476.